The number of hydrogen-bond donors (Lipinski definition) is 1. The summed E-state index contributed by atoms with van der Waals surface area (Å²) in [5.41, 5.74) is 4.56. The molecule has 0 fully saturated rings. The van der Waals surface area contributed by atoms with E-state index in [9.17, 15) is 13.9 Å². The number of hydrogen-bond acceptors (Lipinski definition) is 1. The van der Waals surface area contributed by atoms with Gasteiger partial charge < -0.3 is 5.11 Å². The summed E-state index contributed by atoms with van der Waals surface area (Å²) >= 11 is 0. The van der Waals surface area contributed by atoms with Crippen molar-refractivity contribution in [1.82, 2.24) is 0 Å². The topological polar surface area (TPSA) is 20.2 Å². The highest BCUT2D eigenvalue weighted by atomic mass is 19.3. The maximum absolute atomic E-state index is 12.5. The second-order valence-electron chi connectivity index (χ2n) is 5.64. The van der Waals surface area contributed by atoms with Gasteiger partial charge in [-0.25, -0.2) is 8.78 Å². The largest absolute Gasteiger partial charge is 0.388 e. The van der Waals surface area contributed by atoms with Gasteiger partial charge in [-0.1, -0.05) is 42.5 Å². The summed E-state index contributed by atoms with van der Waals surface area (Å²) in [6.07, 6.45) is 0.858. The van der Waals surface area contributed by atoms with E-state index in [-0.39, 0.29) is 5.56 Å². The second-order valence-corrected chi connectivity index (χ2v) is 5.64. The zero-order valence-electron chi connectivity index (χ0n) is 11.7. The second kappa shape index (κ2) is 5.94. The molecule has 1 nitrogen and oxygen atoms in total. The monoisotopic (exact) mass is 288 g/mol. The molecule has 0 aromatic heterocycles. The van der Waals surface area contributed by atoms with E-state index in [1.54, 1.807) is 12.1 Å². The smallest absolute Gasteiger partial charge is 0.263 e. The summed E-state index contributed by atoms with van der Waals surface area (Å²) in [5.74, 6) is 0. The first-order chi connectivity index (χ1) is 10.1. The molecular weight excluding hydrogens is 270 g/mol. The highest BCUT2D eigenvalue weighted by Crippen LogP contribution is 2.26. The molecular formula is C18H18F2O. The van der Waals surface area contributed by atoms with Gasteiger partial charge >= 0.3 is 0 Å². The quantitative estimate of drug-likeness (QED) is 0.884. The average Bonchev–Trinajstić information content (AvgIpc) is 2.95. The third kappa shape index (κ3) is 3.13. The molecule has 2 aromatic rings. The number of aryl methyl sites for hydroxylation is 2. The fourth-order valence-electron chi connectivity index (χ4n) is 2.96. The lowest BCUT2D eigenvalue weighted by atomic mass is 9.98. The predicted molar refractivity (Wildman–Crippen MR) is 78.5 cm³/mol. The van der Waals surface area contributed by atoms with Gasteiger partial charge in [-0.3, -0.25) is 0 Å². The SMILES string of the molecule is OC(Cc1ccc2c(c1)CCC2)c1ccc(C(F)F)cc1. The maximum atomic E-state index is 12.5. The summed E-state index contributed by atoms with van der Waals surface area (Å²) in [5, 5.41) is 10.3. The molecule has 2 aromatic carbocycles. The van der Waals surface area contributed by atoms with Crippen LogP contribution in [0.15, 0.2) is 42.5 Å². The minimum absolute atomic E-state index is 0.0107. The van der Waals surface area contributed by atoms with Crippen LogP contribution in [0.3, 0.4) is 0 Å². The summed E-state index contributed by atoms with van der Waals surface area (Å²) < 4.78 is 25.0. The van der Waals surface area contributed by atoms with E-state index in [1.807, 2.05) is 0 Å². The van der Waals surface area contributed by atoms with Crippen molar-refractivity contribution < 1.29 is 13.9 Å². The first kappa shape index (κ1) is 14.2. The molecule has 0 aliphatic heterocycles. The van der Waals surface area contributed by atoms with Crippen LogP contribution in [-0.2, 0) is 19.3 Å². The number of benzene rings is 2. The van der Waals surface area contributed by atoms with Crippen molar-refractivity contribution in [2.24, 2.45) is 0 Å². The molecule has 0 bridgehead atoms. The molecule has 3 heteroatoms. The van der Waals surface area contributed by atoms with E-state index >= 15 is 0 Å². The van der Waals surface area contributed by atoms with Crippen LogP contribution in [0.2, 0.25) is 0 Å². The Morgan fingerprint density at radius 3 is 2.29 bits per heavy atom. The molecule has 3 rings (SSSR count). The molecule has 0 heterocycles. The summed E-state index contributed by atoms with van der Waals surface area (Å²) in [6, 6.07) is 12.3. The van der Waals surface area contributed by atoms with Crippen LogP contribution in [0.1, 0.15) is 46.8 Å². The molecule has 0 radical (unpaired) electrons. The molecule has 1 aliphatic carbocycles. The van der Waals surface area contributed by atoms with Gasteiger partial charge in [0.2, 0.25) is 0 Å². The molecule has 0 saturated carbocycles. The van der Waals surface area contributed by atoms with Crippen molar-refractivity contribution in [2.45, 2.75) is 38.2 Å². The lowest BCUT2D eigenvalue weighted by Gasteiger charge is -2.13. The summed E-state index contributed by atoms with van der Waals surface area (Å²) in [6.45, 7) is 0. The molecule has 0 saturated heterocycles. The van der Waals surface area contributed by atoms with E-state index in [0.717, 1.165) is 18.4 Å². The number of fused-ring (bicyclic) bond motifs is 1. The lowest BCUT2D eigenvalue weighted by Crippen LogP contribution is -2.02. The highest BCUT2D eigenvalue weighted by Gasteiger charge is 2.14. The molecule has 1 atom stereocenters. The molecule has 0 spiro atoms. The van der Waals surface area contributed by atoms with Gasteiger partial charge in [0.15, 0.2) is 0 Å². The molecule has 0 amide bonds. The van der Waals surface area contributed by atoms with Crippen LogP contribution < -0.4 is 0 Å². The maximum Gasteiger partial charge on any atom is 0.263 e. The van der Waals surface area contributed by atoms with Crippen molar-refractivity contribution in [1.29, 1.82) is 0 Å². The van der Waals surface area contributed by atoms with Crippen LogP contribution in [0.5, 0.6) is 0 Å². The highest BCUT2D eigenvalue weighted by molar-refractivity contribution is 5.36. The van der Waals surface area contributed by atoms with Gasteiger partial charge in [0, 0.05) is 12.0 Å². The van der Waals surface area contributed by atoms with Gasteiger partial charge in [-0.15, -0.1) is 0 Å². The molecule has 21 heavy (non-hydrogen) atoms. The van der Waals surface area contributed by atoms with Gasteiger partial charge in [0.05, 0.1) is 6.10 Å². The predicted octanol–water partition coefficient (Wildman–Crippen LogP) is 4.39. The number of alkyl halides is 2. The van der Waals surface area contributed by atoms with E-state index < -0.39 is 12.5 Å². The fraction of sp³-hybridized carbons (Fsp3) is 0.333. The van der Waals surface area contributed by atoms with E-state index in [0.29, 0.717) is 12.0 Å². The first-order valence-corrected chi connectivity index (χ1v) is 7.30. The van der Waals surface area contributed by atoms with E-state index in [4.69, 9.17) is 0 Å². The molecule has 1 unspecified atom stereocenters. The molecule has 1 N–H and O–H groups in total. The van der Waals surface area contributed by atoms with Gasteiger partial charge in [-0.2, -0.15) is 0 Å². The Morgan fingerprint density at radius 1 is 0.905 bits per heavy atom. The third-order valence-corrected chi connectivity index (χ3v) is 4.17. The van der Waals surface area contributed by atoms with Crippen molar-refractivity contribution >= 4 is 0 Å². The van der Waals surface area contributed by atoms with E-state index in [2.05, 4.69) is 18.2 Å². The Labute approximate surface area is 123 Å². The Balaban J connectivity index is 1.72. The van der Waals surface area contributed by atoms with Crippen molar-refractivity contribution in [3.63, 3.8) is 0 Å². The summed E-state index contributed by atoms with van der Waals surface area (Å²) in [7, 11) is 0. The fourth-order valence-corrected chi connectivity index (χ4v) is 2.96. The van der Waals surface area contributed by atoms with Crippen LogP contribution >= 0.6 is 0 Å². The normalized spacial score (nSPS) is 15.2. The number of rotatable bonds is 4. The standard InChI is InChI=1S/C18H18F2O/c19-18(20)15-8-6-14(7-9-15)17(21)11-12-4-5-13-2-1-3-16(13)10-12/h4-10,17-18,21H,1-3,11H2. The van der Waals surface area contributed by atoms with Crippen LogP contribution in [0.25, 0.3) is 0 Å². The zero-order chi connectivity index (χ0) is 14.8. The van der Waals surface area contributed by atoms with Crippen LogP contribution in [0, 0.1) is 0 Å². The van der Waals surface area contributed by atoms with Crippen molar-refractivity contribution in [2.75, 3.05) is 0 Å². The first-order valence-electron chi connectivity index (χ1n) is 7.30. The van der Waals surface area contributed by atoms with Crippen molar-refractivity contribution in [3.8, 4) is 0 Å². The van der Waals surface area contributed by atoms with Crippen LogP contribution in [0.4, 0.5) is 8.78 Å². The zero-order valence-corrected chi connectivity index (χ0v) is 11.7. The lowest BCUT2D eigenvalue weighted by molar-refractivity contribution is 0.151. The number of aliphatic hydroxyl groups is 1. The van der Waals surface area contributed by atoms with Crippen LogP contribution in [-0.4, -0.2) is 5.11 Å². The Bertz CT molecular complexity index is 620. The van der Waals surface area contributed by atoms with Crippen molar-refractivity contribution in [3.05, 3.63) is 70.3 Å². The Hall–Kier alpha value is -1.74. The average molecular weight is 288 g/mol. The van der Waals surface area contributed by atoms with Gasteiger partial charge in [0.1, 0.15) is 0 Å². The third-order valence-electron chi connectivity index (χ3n) is 4.17. The molecule has 110 valence electrons. The summed E-state index contributed by atoms with van der Waals surface area (Å²) in [4.78, 5) is 0. The minimum Gasteiger partial charge on any atom is -0.388 e. The number of aliphatic hydroxyl groups excluding tert-OH is 1. The number of halogens is 2. The Kier molecular flexibility index (Phi) is 4.02. The van der Waals surface area contributed by atoms with Gasteiger partial charge in [0.25, 0.3) is 6.43 Å². The molecule has 1 aliphatic rings. The van der Waals surface area contributed by atoms with Gasteiger partial charge in [-0.05, 0) is 41.5 Å². The minimum atomic E-state index is -2.46. The Morgan fingerprint density at radius 2 is 1.57 bits per heavy atom. The van der Waals surface area contributed by atoms with E-state index in [1.165, 1.54) is 29.7 Å².